The Morgan fingerprint density at radius 1 is 1.38 bits per heavy atom. The molecule has 0 amide bonds. The Kier molecular flexibility index (Phi) is 17.0. The summed E-state index contributed by atoms with van der Waals surface area (Å²) >= 11 is -1.72. The summed E-state index contributed by atoms with van der Waals surface area (Å²) in [6.45, 7) is 5.72. The van der Waals surface area contributed by atoms with E-state index in [1.807, 2.05) is 0 Å². The fourth-order valence-electron chi connectivity index (χ4n) is 0. The Morgan fingerprint density at radius 2 is 1.50 bits per heavy atom. The van der Waals surface area contributed by atoms with Crippen LogP contribution in [-0.2, 0) is 0 Å². The summed E-state index contributed by atoms with van der Waals surface area (Å²) in [5.41, 5.74) is 0. The largest absolute Gasteiger partial charge is 0.643 e. The Labute approximate surface area is 68.1 Å². The van der Waals surface area contributed by atoms with Crippen LogP contribution in [0.25, 0.3) is 0 Å². The molecule has 0 fully saturated rings. The second-order valence-electron chi connectivity index (χ2n) is 1.10. The molecule has 0 rings (SSSR count). The summed E-state index contributed by atoms with van der Waals surface area (Å²) in [7, 11) is 14.8. The maximum absolute atomic E-state index is 4.94. The molecule has 0 spiro atoms. The highest BCUT2D eigenvalue weighted by Crippen LogP contribution is 1.97. The van der Waals surface area contributed by atoms with Crippen molar-refractivity contribution in [2.24, 2.45) is 0 Å². The molecule has 0 heterocycles. The zero-order valence-corrected chi connectivity index (χ0v) is 8.26. The van der Waals surface area contributed by atoms with Crippen LogP contribution in [0.1, 0.15) is 19.8 Å². The van der Waals surface area contributed by atoms with Crippen LogP contribution >= 0.6 is 30.1 Å². The maximum atomic E-state index is 4.94. The van der Waals surface area contributed by atoms with Gasteiger partial charge in [0.2, 0.25) is 0 Å². The summed E-state index contributed by atoms with van der Waals surface area (Å²) in [6.07, 6.45) is 2.28. The van der Waals surface area contributed by atoms with Crippen LogP contribution in [0.15, 0.2) is 0 Å². The first-order valence-electron chi connectivity index (χ1n) is 2.36. The molecule has 0 aromatic carbocycles. The summed E-state index contributed by atoms with van der Waals surface area (Å²) in [6, 6.07) is 0. The number of rotatable bonds is 1. The molecular weight excluding hydrogens is 181 g/mol. The monoisotopic (exact) mass is 189 g/mol. The number of hydrogen-bond acceptors (Lipinski definition) is 0. The van der Waals surface area contributed by atoms with Crippen molar-refractivity contribution in [2.75, 3.05) is 0 Å². The molecule has 0 N–H and O–H groups in total. The van der Waals surface area contributed by atoms with Crippen LogP contribution in [0.2, 0.25) is 0 Å². The van der Waals surface area contributed by atoms with E-state index in [-0.39, 0.29) is 0 Å². The van der Waals surface area contributed by atoms with Gasteiger partial charge in [-0.05, 0) is 0 Å². The standard InChI is InChI=1S/C4H9.Al.3ClH/c1-3-4-2;;;;/h1,3-4H2,2H3;;3*1H/q;+3;;;/p-3. The molecule has 0 atom stereocenters. The van der Waals surface area contributed by atoms with Crippen LogP contribution in [0.3, 0.4) is 0 Å². The van der Waals surface area contributed by atoms with Crippen molar-refractivity contribution in [3.05, 3.63) is 6.92 Å². The van der Waals surface area contributed by atoms with E-state index in [4.69, 9.17) is 30.1 Å². The Balaban J connectivity index is 0. The molecule has 0 unspecified atom stereocenters. The second-order valence-corrected chi connectivity index (χ2v) is 7.53. The number of unbranched alkanes of at least 4 members (excludes halogenated alkanes) is 1. The lowest BCUT2D eigenvalue weighted by molar-refractivity contribution is 0.956. The zero-order valence-electron chi connectivity index (χ0n) is 4.83. The Hall–Kier alpha value is 1.40. The predicted octanol–water partition coefficient (Wildman–Crippen LogP) is 3.31. The molecule has 1 radical (unpaired) electrons. The molecule has 4 heteroatoms. The van der Waals surface area contributed by atoms with Gasteiger partial charge < -0.3 is 0 Å². The fourth-order valence-corrected chi connectivity index (χ4v) is 0. The van der Waals surface area contributed by atoms with Crippen LogP contribution in [0, 0.1) is 6.92 Å². The van der Waals surface area contributed by atoms with Gasteiger partial charge in [0.15, 0.2) is 0 Å². The molecule has 0 aliphatic carbocycles. The summed E-state index contributed by atoms with van der Waals surface area (Å²) in [4.78, 5) is 0. The molecule has 0 nitrogen and oxygen atoms in total. The normalized spacial score (nSPS) is 7.12. The molecule has 0 aromatic rings. The van der Waals surface area contributed by atoms with Gasteiger partial charge in [-0.15, -0.1) is 0 Å². The van der Waals surface area contributed by atoms with E-state index in [0.29, 0.717) is 0 Å². The van der Waals surface area contributed by atoms with Gasteiger partial charge in [0, 0.05) is 0 Å². The van der Waals surface area contributed by atoms with E-state index in [0.717, 1.165) is 6.42 Å². The van der Waals surface area contributed by atoms with Crippen LogP contribution in [-0.4, -0.2) is 11.4 Å². The fraction of sp³-hybridized carbons (Fsp3) is 0.750. The number of hydrogen-bond donors (Lipinski definition) is 0. The zero-order chi connectivity index (χ0) is 6.99. The average Bonchev–Trinajstić information content (AvgIpc) is 1.65. The first-order valence-corrected chi connectivity index (χ1v) is 7.60. The highest BCUT2D eigenvalue weighted by Gasteiger charge is 2.00. The third kappa shape index (κ3) is 52.6. The topological polar surface area (TPSA) is 0 Å². The first-order chi connectivity index (χ1) is 3.65. The van der Waals surface area contributed by atoms with Gasteiger partial charge >= 0.3 is 11.4 Å². The van der Waals surface area contributed by atoms with E-state index in [9.17, 15) is 0 Å². The van der Waals surface area contributed by atoms with Crippen molar-refractivity contribution in [3.63, 3.8) is 0 Å². The van der Waals surface area contributed by atoms with E-state index in [1.54, 1.807) is 0 Å². The predicted molar refractivity (Wildman–Crippen MR) is 43.6 cm³/mol. The van der Waals surface area contributed by atoms with Crippen molar-refractivity contribution >= 4 is 41.5 Å². The lowest BCUT2D eigenvalue weighted by Gasteiger charge is -1.67. The molecule has 8 heavy (non-hydrogen) atoms. The SMILES string of the molecule is [CH2]CCC.[Cl][Al]([Cl])[Cl]. The molecule has 0 bridgehead atoms. The van der Waals surface area contributed by atoms with E-state index in [1.165, 1.54) is 6.42 Å². The van der Waals surface area contributed by atoms with Gasteiger partial charge in [0.1, 0.15) is 0 Å². The lowest BCUT2D eigenvalue weighted by Crippen LogP contribution is -1.66. The molecule has 0 saturated carbocycles. The summed E-state index contributed by atoms with van der Waals surface area (Å²) in [5, 5.41) is 0. The van der Waals surface area contributed by atoms with Crippen molar-refractivity contribution < 1.29 is 0 Å². The molecule has 0 aromatic heterocycles. The highest BCUT2D eigenvalue weighted by atomic mass is 35.8. The highest BCUT2D eigenvalue weighted by molar-refractivity contribution is 7.54. The average molecular weight is 190 g/mol. The summed E-state index contributed by atoms with van der Waals surface area (Å²) < 4.78 is 0. The van der Waals surface area contributed by atoms with Gasteiger partial charge in [0.25, 0.3) is 0 Å². The minimum atomic E-state index is -1.72. The third-order valence-corrected chi connectivity index (χ3v) is 0.354. The van der Waals surface area contributed by atoms with Crippen molar-refractivity contribution in [1.82, 2.24) is 0 Å². The Morgan fingerprint density at radius 3 is 1.50 bits per heavy atom. The van der Waals surface area contributed by atoms with Crippen molar-refractivity contribution in [3.8, 4) is 0 Å². The molecule has 0 aliphatic heterocycles. The van der Waals surface area contributed by atoms with Crippen LogP contribution < -0.4 is 0 Å². The van der Waals surface area contributed by atoms with Crippen molar-refractivity contribution in [1.29, 1.82) is 0 Å². The van der Waals surface area contributed by atoms with Gasteiger partial charge in [-0.1, -0.05) is 26.7 Å². The smallest absolute Gasteiger partial charge is 0.214 e. The van der Waals surface area contributed by atoms with Crippen LogP contribution in [0.5, 0.6) is 0 Å². The van der Waals surface area contributed by atoms with E-state index < -0.39 is 11.4 Å². The van der Waals surface area contributed by atoms with Crippen LogP contribution in [0.4, 0.5) is 0 Å². The second kappa shape index (κ2) is 11.2. The first kappa shape index (κ1) is 12.1. The van der Waals surface area contributed by atoms with Gasteiger partial charge in [0.05, 0.1) is 0 Å². The number of halogens is 3. The lowest BCUT2D eigenvalue weighted by atomic mass is 10.4. The molecular formula is C4H9AlCl3. The molecule has 0 aliphatic rings. The van der Waals surface area contributed by atoms with Gasteiger partial charge in [-0.2, -0.15) is 0 Å². The quantitative estimate of drug-likeness (QED) is 0.557. The van der Waals surface area contributed by atoms with Gasteiger partial charge in [-0.3, -0.25) is 0 Å². The van der Waals surface area contributed by atoms with E-state index in [2.05, 4.69) is 13.8 Å². The minimum absolute atomic E-state index is 1.07. The van der Waals surface area contributed by atoms with Crippen molar-refractivity contribution in [2.45, 2.75) is 19.8 Å². The van der Waals surface area contributed by atoms with E-state index >= 15 is 0 Å². The minimum Gasteiger partial charge on any atom is -0.214 e. The van der Waals surface area contributed by atoms with Gasteiger partial charge in [-0.25, -0.2) is 30.1 Å². The molecule has 49 valence electrons. The summed E-state index contributed by atoms with van der Waals surface area (Å²) in [5.74, 6) is 0. The third-order valence-electron chi connectivity index (χ3n) is 0.354. The molecule has 0 saturated heterocycles. The maximum Gasteiger partial charge on any atom is 0.643 e. The Bertz CT molecular complexity index is 27.7.